The maximum absolute atomic E-state index is 12.4. The number of aliphatic hydroxyl groups excluding tert-OH is 1. The standard InChI is InChI=1S/C19H12N4O3/c20-9-13(17-21-14-7-3-4-8-15(14)22-17)16(24)10-23-18(25)11-5-1-2-6-12(11)19(23)26/h1-8,24H,10H2,(H,21,22)/b16-13-. The summed E-state index contributed by atoms with van der Waals surface area (Å²) in [5.41, 5.74) is 1.81. The smallest absolute Gasteiger partial charge is 0.261 e. The number of nitrogens with one attached hydrogen (secondary N) is 1. The normalized spacial score (nSPS) is 14.3. The van der Waals surface area contributed by atoms with E-state index in [-0.39, 0.29) is 22.5 Å². The Labute approximate surface area is 147 Å². The zero-order valence-corrected chi connectivity index (χ0v) is 13.4. The number of H-pyrrole nitrogens is 1. The van der Waals surface area contributed by atoms with Crippen LogP contribution in [-0.4, -0.2) is 38.3 Å². The van der Waals surface area contributed by atoms with E-state index in [0.717, 1.165) is 4.90 Å². The summed E-state index contributed by atoms with van der Waals surface area (Å²) in [5.74, 6) is -1.22. The van der Waals surface area contributed by atoms with Gasteiger partial charge in [-0.3, -0.25) is 14.5 Å². The topological polar surface area (TPSA) is 110 Å². The summed E-state index contributed by atoms with van der Waals surface area (Å²) >= 11 is 0. The number of carbonyl (C=O) groups is 2. The third-order valence-electron chi connectivity index (χ3n) is 4.21. The van der Waals surface area contributed by atoms with Gasteiger partial charge in [-0.25, -0.2) is 4.98 Å². The van der Waals surface area contributed by atoms with E-state index in [4.69, 9.17) is 0 Å². The van der Waals surface area contributed by atoms with Crippen LogP contribution in [0.15, 0.2) is 54.3 Å². The first-order valence-electron chi connectivity index (χ1n) is 7.82. The third kappa shape index (κ3) is 2.32. The average Bonchev–Trinajstić information content (AvgIpc) is 3.18. The highest BCUT2D eigenvalue weighted by Crippen LogP contribution is 2.25. The van der Waals surface area contributed by atoms with Crippen LogP contribution in [0.1, 0.15) is 26.5 Å². The molecule has 0 saturated carbocycles. The molecule has 0 aliphatic carbocycles. The first kappa shape index (κ1) is 15.6. The fourth-order valence-electron chi connectivity index (χ4n) is 2.94. The number of allylic oxidation sites excluding steroid dienone is 1. The number of rotatable bonds is 3. The van der Waals surface area contributed by atoms with E-state index in [1.165, 1.54) is 0 Å². The fraction of sp³-hybridized carbons (Fsp3) is 0.0526. The number of benzene rings is 2. The van der Waals surface area contributed by atoms with Crippen LogP contribution in [-0.2, 0) is 0 Å². The van der Waals surface area contributed by atoms with Crippen LogP contribution >= 0.6 is 0 Å². The van der Waals surface area contributed by atoms with Gasteiger partial charge < -0.3 is 10.1 Å². The zero-order valence-electron chi connectivity index (χ0n) is 13.4. The first-order valence-corrected chi connectivity index (χ1v) is 7.82. The monoisotopic (exact) mass is 344 g/mol. The molecule has 0 bridgehead atoms. The lowest BCUT2D eigenvalue weighted by atomic mass is 10.1. The van der Waals surface area contributed by atoms with Crippen LogP contribution in [0.2, 0.25) is 0 Å². The van der Waals surface area contributed by atoms with E-state index >= 15 is 0 Å². The van der Waals surface area contributed by atoms with Crippen LogP contribution in [0.25, 0.3) is 16.6 Å². The zero-order chi connectivity index (χ0) is 18.3. The van der Waals surface area contributed by atoms with Gasteiger partial charge in [0, 0.05) is 0 Å². The molecule has 0 radical (unpaired) electrons. The van der Waals surface area contributed by atoms with E-state index < -0.39 is 24.1 Å². The Morgan fingerprint density at radius 1 is 1.08 bits per heavy atom. The molecule has 0 saturated heterocycles. The molecule has 0 spiro atoms. The molecule has 2 aromatic carbocycles. The molecule has 0 unspecified atom stereocenters. The quantitative estimate of drug-likeness (QED) is 0.431. The molecule has 0 atom stereocenters. The molecular formula is C19H12N4O3. The number of carbonyl (C=O) groups excluding carboxylic acids is 2. The highest BCUT2D eigenvalue weighted by Gasteiger charge is 2.36. The van der Waals surface area contributed by atoms with Crippen LogP contribution in [0.3, 0.4) is 0 Å². The second-order valence-electron chi connectivity index (χ2n) is 5.78. The molecule has 1 aromatic heterocycles. The van der Waals surface area contributed by atoms with Crippen molar-refractivity contribution in [3.63, 3.8) is 0 Å². The number of fused-ring (bicyclic) bond motifs is 2. The summed E-state index contributed by atoms with van der Waals surface area (Å²) in [5, 5.41) is 19.9. The van der Waals surface area contributed by atoms with E-state index in [1.54, 1.807) is 42.5 Å². The summed E-state index contributed by atoms with van der Waals surface area (Å²) in [6, 6.07) is 15.5. The maximum Gasteiger partial charge on any atom is 0.261 e. The number of hydrogen-bond donors (Lipinski definition) is 2. The number of para-hydroxylation sites is 2. The summed E-state index contributed by atoms with van der Waals surface area (Å²) in [6.45, 7) is -0.397. The van der Waals surface area contributed by atoms with Gasteiger partial charge >= 0.3 is 0 Å². The summed E-state index contributed by atoms with van der Waals surface area (Å²) in [4.78, 5) is 32.9. The highest BCUT2D eigenvalue weighted by atomic mass is 16.3. The van der Waals surface area contributed by atoms with Gasteiger partial charge in [-0.05, 0) is 24.3 Å². The molecule has 2 heterocycles. The largest absolute Gasteiger partial charge is 0.509 e. The van der Waals surface area contributed by atoms with Crippen molar-refractivity contribution in [3.05, 3.63) is 71.2 Å². The summed E-state index contributed by atoms with van der Waals surface area (Å²) < 4.78 is 0. The molecule has 4 rings (SSSR count). The van der Waals surface area contributed by atoms with Crippen molar-refractivity contribution < 1.29 is 14.7 Å². The molecule has 2 N–H and O–H groups in total. The van der Waals surface area contributed by atoms with Crippen molar-refractivity contribution in [3.8, 4) is 6.07 Å². The van der Waals surface area contributed by atoms with Crippen molar-refractivity contribution in [2.24, 2.45) is 0 Å². The number of nitrogens with zero attached hydrogens (tertiary/aromatic N) is 3. The molecular weight excluding hydrogens is 332 g/mol. The number of aromatic nitrogens is 2. The van der Waals surface area contributed by atoms with Gasteiger partial charge in [0.15, 0.2) is 5.82 Å². The lowest BCUT2D eigenvalue weighted by Crippen LogP contribution is -2.32. The Balaban J connectivity index is 1.70. The highest BCUT2D eigenvalue weighted by molar-refractivity contribution is 6.21. The predicted octanol–water partition coefficient (Wildman–Crippen LogP) is 2.65. The lowest BCUT2D eigenvalue weighted by molar-refractivity contribution is 0.0652. The van der Waals surface area contributed by atoms with Gasteiger partial charge in [0.05, 0.1) is 28.7 Å². The number of amides is 2. The summed E-state index contributed by atoms with van der Waals surface area (Å²) in [6.07, 6.45) is 0. The minimum Gasteiger partial charge on any atom is -0.509 e. The van der Waals surface area contributed by atoms with Gasteiger partial charge in [-0.2, -0.15) is 5.26 Å². The van der Waals surface area contributed by atoms with Crippen molar-refractivity contribution in [2.45, 2.75) is 0 Å². The number of aliphatic hydroxyl groups is 1. The number of aromatic amines is 1. The average molecular weight is 344 g/mol. The first-order chi connectivity index (χ1) is 12.6. The molecule has 2 amide bonds. The number of nitriles is 1. The molecule has 26 heavy (non-hydrogen) atoms. The van der Waals surface area contributed by atoms with Gasteiger partial charge in [-0.15, -0.1) is 0 Å². The van der Waals surface area contributed by atoms with Crippen molar-refractivity contribution in [1.29, 1.82) is 5.26 Å². The van der Waals surface area contributed by atoms with E-state index in [1.807, 2.05) is 12.1 Å². The van der Waals surface area contributed by atoms with Crippen LogP contribution in [0, 0.1) is 11.3 Å². The van der Waals surface area contributed by atoms with Crippen LogP contribution in [0.5, 0.6) is 0 Å². The number of imidazole rings is 1. The second-order valence-corrected chi connectivity index (χ2v) is 5.78. The molecule has 126 valence electrons. The molecule has 0 fully saturated rings. The van der Waals surface area contributed by atoms with Gasteiger partial charge in [0.1, 0.15) is 17.4 Å². The van der Waals surface area contributed by atoms with E-state index in [2.05, 4.69) is 9.97 Å². The Morgan fingerprint density at radius 2 is 1.69 bits per heavy atom. The van der Waals surface area contributed by atoms with E-state index in [9.17, 15) is 20.0 Å². The predicted molar refractivity (Wildman–Crippen MR) is 93.1 cm³/mol. The van der Waals surface area contributed by atoms with Gasteiger partial charge in [-0.1, -0.05) is 24.3 Å². The van der Waals surface area contributed by atoms with Gasteiger partial charge in [0.2, 0.25) is 0 Å². The maximum atomic E-state index is 12.4. The van der Waals surface area contributed by atoms with Crippen molar-refractivity contribution in [2.75, 3.05) is 6.54 Å². The van der Waals surface area contributed by atoms with Crippen molar-refractivity contribution in [1.82, 2.24) is 14.9 Å². The second kappa shape index (κ2) is 5.86. The minimum atomic E-state index is -0.501. The molecule has 7 heteroatoms. The Hall–Kier alpha value is -3.92. The van der Waals surface area contributed by atoms with Crippen LogP contribution < -0.4 is 0 Å². The van der Waals surface area contributed by atoms with Gasteiger partial charge in [0.25, 0.3) is 11.8 Å². The third-order valence-corrected chi connectivity index (χ3v) is 4.21. The van der Waals surface area contributed by atoms with Crippen LogP contribution in [0.4, 0.5) is 0 Å². The Bertz CT molecular complexity index is 1070. The SMILES string of the molecule is N#C/C(=C(/O)CN1C(=O)c2ccccc2C1=O)c1nc2ccccc2[nH]1. The molecule has 3 aromatic rings. The Morgan fingerprint density at radius 3 is 2.31 bits per heavy atom. The number of imide groups is 1. The lowest BCUT2D eigenvalue weighted by Gasteiger charge is -2.13. The summed E-state index contributed by atoms with van der Waals surface area (Å²) in [7, 11) is 0. The Kier molecular flexibility index (Phi) is 3.52. The van der Waals surface area contributed by atoms with Crippen molar-refractivity contribution >= 4 is 28.4 Å². The molecule has 7 nitrogen and oxygen atoms in total. The fourth-order valence-corrected chi connectivity index (χ4v) is 2.94. The number of hydrogen-bond acceptors (Lipinski definition) is 5. The molecule has 1 aliphatic rings. The minimum absolute atomic E-state index is 0.113. The molecule has 1 aliphatic heterocycles. The van der Waals surface area contributed by atoms with E-state index in [0.29, 0.717) is 11.0 Å².